The van der Waals surface area contributed by atoms with Crippen molar-refractivity contribution in [1.82, 2.24) is 0 Å². The maximum atomic E-state index is 10.1. The summed E-state index contributed by atoms with van der Waals surface area (Å²) in [6, 6.07) is 0. The largest absolute Gasteiger partial charge is 0.387 e. The fourth-order valence-corrected chi connectivity index (χ4v) is 2.73. The van der Waals surface area contributed by atoms with Crippen molar-refractivity contribution in [1.29, 1.82) is 0 Å². The average molecular weight is 184 g/mol. The van der Waals surface area contributed by atoms with Crippen molar-refractivity contribution in [2.24, 2.45) is 0 Å². The molecule has 0 amide bonds. The Morgan fingerprint density at radius 2 is 1.92 bits per heavy atom. The van der Waals surface area contributed by atoms with Crippen molar-refractivity contribution in [3.8, 4) is 0 Å². The first kappa shape index (κ1) is 9.47. The summed E-state index contributed by atoms with van der Waals surface area (Å²) in [5, 5.41) is 10.1. The van der Waals surface area contributed by atoms with Crippen LogP contribution in [0.25, 0.3) is 0 Å². The third-order valence-corrected chi connectivity index (χ3v) is 3.72. The molecule has 76 valence electrons. The molecule has 1 aliphatic carbocycles. The molecule has 1 saturated carbocycles. The second-order valence-electron chi connectivity index (χ2n) is 4.79. The second-order valence-corrected chi connectivity index (χ2v) is 4.79. The third kappa shape index (κ3) is 1.75. The summed E-state index contributed by atoms with van der Waals surface area (Å²) in [5.74, 6) is 0. The van der Waals surface area contributed by atoms with Gasteiger partial charge in [-0.15, -0.1) is 0 Å². The van der Waals surface area contributed by atoms with Gasteiger partial charge in [0.25, 0.3) is 0 Å². The van der Waals surface area contributed by atoms with Gasteiger partial charge in [-0.25, -0.2) is 0 Å². The highest BCUT2D eigenvalue weighted by molar-refractivity contribution is 4.98. The number of ether oxygens (including phenoxy) is 1. The number of aliphatic hydroxyl groups is 1. The molecule has 0 aromatic rings. The van der Waals surface area contributed by atoms with E-state index in [1.807, 2.05) is 6.92 Å². The first-order valence-corrected chi connectivity index (χ1v) is 5.54. The van der Waals surface area contributed by atoms with Crippen molar-refractivity contribution >= 4 is 0 Å². The third-order valence-electron chi connectivity index (χ3n) is 3.72. The van der Waals surface area contributed by atoms with E-state index in [1.165, 1.54) is 19.3 Å². The van der Waals surface area contributed by atoms with Gasteiger partial charge in [-0.3, -0.25) is 0 Å². The predicted octanol–water partition coefficient (Wildman–Crippen LogP) is 2.25. The van der Waals surface area contributed by atoms with Crippen molar-refractivity contribution < 1.29 is 9.84 Å². The normalized spacial score (nSPS) is 38.3. The molecule has 2 nitrogen and oxygen atoms in total. The van der Waals surface area contributed by atoms with Gasteiger partial charge in [0.2, 0.25) is 0 Å². The summed E-state index contributed by atoms with van der Waals surface area (Å²) >= 11 is 0. The molecule has 2 fully saturated rings. The summed E-state index contributed by atoms with van der Waals surface area (Å²) in [4.78, 5) is 0. The van der Waals surface area contributed by atoms with E-state index in [1.54, 1.807) is 0 Å². The van der Waals surface area contributed by atoms with Gasteiger partial charge in [0, 0.05) is 6.42 Å². The van der Waals surface area contributed by atoms with Crippen LogP contribution in [0.3, 0.4) is 0 Å². The molecule has 0 aromatic heterocycles. The van der Waals surface area contributed by atoms with Crippen LogP contribution < -0.4 is 0 Å². The molecule has 1 atom stereocenters. The molecule has 1 spiro atoms. The first-order chi connectivity index (χ1) is 6.18. The molecule has 2 rings (SSSR count). The lowest BCUT2D eigenvalue weighted by atomic mass is 9.79. The van der Waals surface area contributed by atoms with Crippen molar-refractivity contribution in [2.75, 3.05) is 6.61 Å². The Bertz CT molecular complexity index is 185. The summed E-state index contributed by atoms with van der Waals surface area (Å²) in [5.41, 5.74) is -0.458. The van der Waals surface area contributed by atoms with E-state index in [4.69, 9.17) is 4.74 Å². The van der Waals surface area contributed by atoms with Gasteiger partial charge >= 0.3 is 0 Å². The average Bonchev–Trinajstić information content (AvgIpc) is 2.47. The van der Waals surface area contributed by atoms with Gasteiger partial charge in [0.05, 0.1) is 17.8 Å². The molecule has 0 bridgehead atoms. The molecular weight excluding hydrogens is 164 g/mol. The molecule has 2 heteroatoms. The lowest BCUT2D eigenvalue weighted by Gasteiger charge is -2.33. The highest BCUT2D eigenvalue weighted by atomic mass is 16.5. The van der Waals surface area contributed by atoms with Crippen LogP contribution >= 0.6 is 0 Å². The zero-order valence-corrected chi connectivity index (χ0v) is 8.51. The van der Waals surface area contributed by atoms with Gasteiger partial charge in [-0.2, -0.15) is 0 Å². The molecule has 1 aliphatic heterocycles. The molecule has 0 radical (unpaired) electrons. The number of rotatable bonds is 1. The van der Waals surface area contributed by atoms with E-state index in [-0.39, 0.29) is 5.60 Å². The highest BCUT2D eigenvalue weighted by Gasteiger charge is 2.47. The predicted molar refractivity (Wildman–Crippen MR) is 51.6 cm³/mol. The maximum absolute atomic E-state index is 10.1. The molecule has 0 unspecified atom stereocenters. The fraction of sp³-hybridized carbons (Fsp3) is 1.00. The Labute approximate surface area is 80.3 Å². The zero-order chi connectivity index (χ0) is 9.36. The lowest BCUT2D eigenvalue weighted by Crippen LogP contribution is -2.34. The first-order valence-electron chi connectivity index (χ1n) is 5.54. The standard InChI is InChI=1S/C11H20O2/c1-2-10(12)8-11(13-9-10)6-4-3-5-7-11/h12H,2-9H2,1H3/t10-/m0/s1. The van der Waals surface area contributed by atoms with E-state index < -0.39 is 5.60 Å². The van der Waals surface area contributed by atoms with Gasteiger partial charge in [-0.05, 0) is 19.3 Å². The second kappa shape index (κ2) is 3.25. The van der Waals surface area contributed by atoms with Crippen LogP contribution in [-0.2, 0) is 4.74 Å². The van der Waals surface area contributed by atoms with E-state index in [0.29, 0.717) is 6.61 Å². The quantitative estimate of drug-likeness (QED) is 0.677. The van der Waals surface area contributed by atoms with Crippen LogP contribution in [0.2, 0.25) is 0 Å². The molecule has 0 aromatic carbocycles. The fourth-order valence-electron chi connectivity index (χ4n) is 2.73. The van der Waals surface area contributed by atoms with Crippen molar-refractivity contribution in [2.45, 2.75) is 63.1 Å². The van der Waals surface area contributed by atoms with Gasteiger partial charge in [-0.1, -0.05) is 26.2 Å². The van der Waals surface area contributed by atoms with Gasteiger partial charge < -0.3 is 9.84 Å². The van der Waals surface area contributed by atoms with Crippen molar-refractivity contribution in [3.63, 3.8) is 0 Å². The molecule has 13 heavy (non-hydrogen) atoms. The summed E-state index contributed by atoms with van der Waals surface area (Å²) in [7, 11) is 0. The highest BCUT2D eigenvalue weighted by Crippen LogP contribution is 2.44. The smallest absolute Gasteiger partial charge is 0.0905 e. The van der Waals surface area contributed by atoms with E-state index >= 15 is 0 Å². The van der Waals surface area contributed by atoms with Gasteiger partial charge in [0.1, 0.15) is 0 Å². The van der Waals surface area contributed by atoms with Crippen LogP contribution in [0.15, 0.2) is 0 Å². The summed E-state index contributed by atoms with van der Waals surface area (Å²) in [6.45, 7) is 2.61. The number of hydrogen-bond donors (Lipinski definition) is 1. The topological polar surface area (TPSA) is 29.5 Å². The van der Waals surface area contributed by atoms with E-state index in [2.05, 4.69) is 0 Å². The minimum atomic E-state index is -0.517. The number of hydrogen-bond acceptors (Lipinski definition) is 2. The Morgan fingerprint density at radius 3 is 2.46 bits per heavy atom. The lowest BCUT2D eigenvalue weighted by molar-refractivity contribution is -0.0312. The Morgan fingerprint density at radius 1 is 1.23 bits per heavy atom. The van der Waals surface area contributed by atoms with Crippen LogP contribution in [0.4, 0.5) is 0 Å². The maximum Gasteiger partial charge on any atom is 0.0905 e. The minimum Gasteiger partial charge on any atom is -0.387 e. The van der Waals surface area contributed by atoms with Crippen LogP contribution in [0.5, 0.6) is 0 Å². The van der Waals surface area contributed by atoms with Gasteiger partial charge in [0.15, 0.2) is 0 Å². The monoisotopic (exact) mass is 184 g/mol. The van der Waals surface area contributed by atoms with Crippen LogP contribution in [-0.4, -0.2) is 22.9 Å². The van der Waals surface area contributed by atoms with E-state index in [0.717, 1.165) is 25.7 Å². The summed E-state index contributed by atoms with van der Waals surface area (Å²) < 4.78 is 5.84. The van der Waals surface area contributed by atoms with Crippen molar-refractivity contribution in [3.05, 3.63) is 0 Å². The zero-order valence-electron chi connectivity index (χ0n) is 8.51. The Balaban J connectivity index is 2.02. The minimum absolute atomic E-state index is 0.0585. The Hall–Kier alpha value is -0.0800. The van der Waals surface area contributed by atoms with Crippen LogP contribution in [0.1, 0.15) is 51.9 Å². The molecule has 1 heterocycles. The molecule has 1 saturated heterocycles. The van der Waals surface area contributed by atoms with Crippen LogP contribution in [0, 0.1) is 0 Å². The molecule has 1 N–H and O–H groups in total. The molecule has 2 aliphatic rings. The Kier molecular flexibility index (Phi) is 2.37. The van der Waals surface area contributed by atoms with E-state index in [9.17, 15) is 5.11 Å². The summed E-state index contributed by atoms with van der Waals surface area (Å²) in [6.07, 6.45) is 7.92. The molecular formula is C11H20O2. The SMILES string of the molecule is CC[C@@]1(O)COC2(CCCCC2)C1.